The lowest BCUT2D eigenvalue weighted by Crippen LogP contribution is -2.41. The molecule has 2 heterocycles. The number of carbonyl (C=O) groups is 1. The van der Waals surface area contributed by atoms with Crippen LogP contribution in [0.15, 0.2) is 40.1 Å². The maximum atomic E-state index is 12.3. The number of aliphatic hydroxyl groups excluding tert-OH is 2. The zero-order chi connectivity index (χ0) is 23.6. The van der Waals surface area contributed by atoms with Gasteiger partial charge in [0, 0.05) is 35.7 Å². The molecule has 172 valence electrons. The summed E-state index contributed by atoms with van der Waals surface area (Å²) in [5.74, 6) is -1.61. The molecule has 1 saturated heterocycles. The molecule has 3 N–H and O–H groups in total. The number of para-hydroxylation sites is 1. The van der Waals surface area contributed by atoms with Crippen LogP contribution in [0, 0.1) is 17.0 Å². The van der Waals surface area contributed by atoms with E-state index in [1.54, 1.807) is 19.1 Å². The van der Waals surface area contributed by atoms with E-state index >= 15 is 0 Å². The highest BCUT2D eigenvalue weighted by Crippen LogP contribution is 2.30. The molecule has 32 heavy (non-hydrogen) atoms. The Bertz CT molecular complexity index is 1130. The van der Waals surface area contributed by atoms with Gasteiger partial charge in [-0.05, 0) is 6.92 Å². The molecule has 0 radical (unpaired) electrons. The number of ether oxygens (including phenoxy) is 2. The largest absolute Gasteiger partial charge is 0.463 e. The van der Waals surface area contributed by atoms with E-state index in [2.05, 4.69) is 4.98 Å². The van der Waals surface area contributed by atoms with Crippen molar-refractivity contribution < 1.29 is 29.4 Å². The minimum Gasteiger partial charge on any atom is -0.463 e. The number of nitrogens with zero attached hydrogens (tertiary/aromatic N) is 2. The minimum atomic E-state index is -1.85. The van der Waals surface area contributed by atoms with Gasteiger partial charge in [0.1, 0.15) is 12.3 Å². The summed E-state index contributed by atoms with van der Waals surface area (Å²) in [6.45, 7) is 2.87. The van der Waals surface area contributed by atoms with Gasteiger partial charge in [0.2, 0.25) is 0 Å². The number of nitro groups is 1. The van der Waals surface area contributed by atoms with Crippen LogP contribution >= 0.6 is 0 Å². The van der Waals surface area contributed by atoms with Crippen molar-refractivity contribution in [2.24, 2.45) is 0 Å². The second-order valence-corrected chi connectivity index (χ2v) is 7.63. The summed E-state index contributed by atoms with van der Waals surface area (Å²) >= 11 is 0. The van der Waals surface area contributed by atoms with Crippen molar-refractivity contribution in [1.29, 1.82) is 0 Å². The number of benzene rings is 1. The van der Waals surface area contributed by atoms with Gasteiger partial charge in [-0.1, -0.05) is 25.1 Å². The number of hydrogen-bond acceptors (Lipinski definition) is 9. The summed E-state index contributed by atoms with van der Waals surface area (Å²) in [7, 11) is 0. The molecule has 2 unspecified atom stereocenters. The zero-order valence-corrected chi connectivity index (χ0v) is 17.3. The summed E-state index contributed by atoms with van der Waals surface area (Å²) in [5.41, 5.74) is -0.818. The Morgan fingerprint density at radius 2 is 2.09 bits per heavy atom. The number of nitro benzene ring substituents is 1. The van der Waals surface area contributed by atoms with E-state index in [1.165, 1.54) is 25.3 Å². The van der Waals surface area contributed by atoms with Crippen molar-refractivity contribution in [1.82, 2.24) is 9.55 Å². The number of aromatic amines is 1. The van der Waals surface area contributed by atoms with E-state index in [-0.39, 0.29) is 24.3 Å². The van der Waals surface area contributed by atoms with Crippen LogP contribution in [0.3, 0.4) is 0 Å². The molecule has 3 rings (SSSR count). The lowest BCUT2D eigenvalue weighted by Gasteiger charge is -2.21. The monoisotopic (exact) mass is 449 g/mol. The van der Waals surface area contributed by atoms with Gasteiger partial charge in [0.25, 0.3) is 11.2 Å². The van der Waals surface area contributed by atoms with Gasteiger partial charge in [-0.25, -0.2) is 9.59 Å². The van der Waals surface area contributed by atoms with Gasteiger partial charge in [-0.15, -0.1) is 0 Å². The van der Waals surface area contributed by atoms with Crippen LogP contribution in [0.5, 0.6) is 0 Å². The Kier molecular flexibility index (Phi) is 6.87. The molecule has 5 atom stereocenters. The quantitative estimate of drug-likeness (QED) is 0.301. The fourth-order valence-corrected chi connectivity index (χ4v) is 3.52. The average Bonchev–Trinajstić information content (AvgIpc) is 3.14. The topological polar surface area (TPSA) is 174 Å². The van der Waals surface area contributed by atoms with E-state index in [4.69, 9.17) is 9.47 Å². The fourth-order valence-electron chi connectivity index (χ4n) is 3.52. The highest BCUT2D eigenvalue weighted by Gasteiger charge is 2.43. The predicted molar refractivity (Wildman–Crippen MR) is 109 cm³/mol. The first-order chi connectivity index (χ1) is 15.1. The van der Waals surface area contributed by atoms with Crippen molar-refractivity contribution in [2.45, 2.75) is 50.7 Å². The van der Waals surface area contributed by atoms with Crippen LogP contribution in [0.1, 0.15) is 36.6 Å². The molecule has 1 fully saturated rings. The Morgan fingerprint density at radius 1 is 1.41 bits per heavy atom. The molecule has 0 amide bonds. The first kappa shape index (κ1) is 23.3. The van der Waals surface area contributed by atoms with Gasteiger partial charge in [0.15, 0.2) is 6.10 Å². The lowest BCUT2D eigenvalue weighted by atomic mass is 10.0. The number of hydrogen-bond donors (Lipinski definition) is 3. The van der Waals surface area contributed by atoms with Gasteiger partial charge in [-0.2, -0.15) is 0 Å². The predicted octanol–water partition coefficient (Wildman–Crippen LogP) is 0.109. The molecular formula is C20H23N3O9. The highest BCUT2D eigenvalue weighted by atomic mass is 16.6. The Morgan fingerprint density at radius 3 is 2.78 bits per heavy atom. The van der Waals surface area contributed by atoms with E-state index in [0.29, 0.717) is 5.56 Å². The molecule has 1 aromatic carbocycles. The molecule has 0 saturated carbocycles. The molecule has 12 nitrogen and oxygen atoms in total. The Labute approximate surface area is 181 Å². The number of aromatic nitrogens is 2. The molecule has 1 aromatic heterocycles. The maximum absolute atomic E-state index is 12.3. The molecule has 2 aromatic rings. The molecule has 0 spiro atoms. The SMILES string of the molecule is Cc1cn([C@H]2C[C@H](O)[C@@H](C(O)C(=O)OCC(C)c3ccccc3[N+](=O)[O-])O2)c(=O)[nH]c1=O. The van der Waals surface area contributed by atoms with Gasteiger partial charge in [0.05, 0.1) is 17.6 Å². The van der Waals surface area contributed by atoms with Gasteiger partial charge < -0.3 is 19.7 Å². The lowest BCUT2D eigenvalue weighted by molar-refractivity contribution is -0.385. The number of esters is 1. The minimum absolute atomic E-state index is 0.104. The summed E-state index contributed by atoms with van der Waals surface area (Å²) in [6.07, 6.45) is -4.35. The number of carbonyl (C=O) groups excluding carboxylic acids is 1. The normalized spacial score (nSPS) is 22.3. The molecule has 0 bridgehead atoms. The Balaban J connectivity index is 1.65. The molecule has 0 aliphatic carbocycles. The van der Waals surface area contributed by atoms with Crippen LogP contribution < -0.4 is 11.2 Å². The van der Waals surface area contributed by atoms with Crippen LogP contribution in [-0.2, 0) is 14.3 Å². The third-order valence-electron chi connectivity index (χ3n) is 5.29. The smallest absolute Gasteiger partial charge is 0.337 e. The van der Waals surface area contributed by atoms with Crippen molar-refractivity contribution >= 4 is 11.7 Å². The Hall–Kier alpha value is -3.35. The van der Waals surface area contributed by atoms with E-state index in [1.807, 2.05) is 0 Å². The highest BCUT2D eigenvalue weighted by molar-refractivity contribution is 5.75. The zero-order valence-electron chi connectivity index (χ0n) is 17.3. The average molecular weight is 449 g/mol. The van der Waals surface area contributed by atoms with Crippen LogP contribution in [0.2, 0.25) is 0 Å². The third kappa shape index (κ3) is 4.77. The first-order valence-electron chi connectivity index (χ1n) is 9.83. The first-order valence-corrected chi connectivity index (χ1v) is 9.83. The summed E-state index contributed by atoms with van der Waals surface area (Å²) in [6, 6.07) is 6.03. The van der Waals surface area contributed by atoms with Crippen LogP contribution in [0.4, 0.5) is 5.69 Å². The van der Waals surface area contributed by atoms with Crippen LogP contribution in [-0.4, -0.2) is 55.6 Å². The standard InChI is InChI=1S/C20H23N3O9/c1-10-8-22(20(28)21-18(10)26)15-7-14(24)17(32-15)16(25)19(27)31-9-11(2)12-5-3-4-6-13(12)23(29)30/h3-6,8,11,14-17,24-25H,7,9H2,1-2H3,(H,21,26,28)/t11?,14-,15+,16?,17-/m0/s1. The summed E-state index contributed by atoms with van der Waals surface area (Å²) in [5, 5.41) is 31.8. The van der Waals surface area contributed by atoms with E-state index in [0.717, 1.165) is 4.57 Å². The molecule has 1 aliphatic heterocycles. The second-order valence-electron chi connectivity index (χ2n) is 7.63. The second kappa shape index (κ2) is 9.42. The fraction of sp³-hybridized carbons (Fsp3) is 0.450. The van der Waals surface area contributed by atoms with Crippen molar-refractivity contribution in [2.75, 3.05) is 6.61 Å². The van der Waals surface area contributed by atoms with Gasteiger partial charge >= 0.3 is 11.7 Å². The van der Waals surface area contributed by atoms with Crippen molar-refractivity contribution in [3.8, 4) is 0 Å². The van der Waals surface area contributed by atoms with E-state index in [9.17, 15) is 34.7 Å². The molecule has 12 heteroatoms. The number of rotatable bonds is 7. The van der Waals surface area contributed by atoms with E-state index < -0.39 is 52.6 Å². The number of nitrogens with one attached hydrogen (secondary N) is 1. The molecular weight excluding hydrogens is 426 g/mol. The number of aliphatic hydroxyl groups is 2. The maximum Gasteiger partial charge on any atom is 0.337 e. The van der Waals surface area contributed by atoms with Crippen molar-refractivity contribution in [3.05, 3.63) is 72.5 Å². The van der Waals surface area contributed by atoms with Crippen LogP contribution in [0.25, 0.3) is 0 Å². The van der Waals surface area contributed by atoms with Gasteiger partial charge in [-0.3, -0.25) is 24.5 Å². The van der Waals surface area contributed by atoms with Crippen molar-refractivity contribution in [3.63, 3.8) is 0 Å². The third-order valence-corrected chi connectivity index (χ3v) is 5.29. The number of H-pyrrole nitrogens is 1. The number of aryl methyl sites for hydroxylation is 1. The summed E-state index contributed by atoms with van der Waals surface area (Å²) in [4.78, 5) is 48.6. The summed E-state index contributed by atoms with van der Waals surface area (Å²) < 4.78 is 11.7. The molecule has 1 aliphatic rings.